The van der Waals surface area contributed by atoms with Crippen LogP contribution >= 0.6 is 0 Å². The summed E-state index contributed by atoms with van der Waals surface area (Å²) in [6.45, 7) is 0.502. The Morgan fingerprint density at radius 1 is 0.973 bits per heavy atom. The number of methoxy groups -OCH3 is 1. The molecule has 0 saturated heterocycles. The highest BCUT2D eigenvalue weighted by molar-refractivity contribution is 6.02. The highest BCUT2D eigenvalue weighted by Gasteiger charge is 2.30. The van der Waals surface area contributed by atoms with Crippen molar-refractivity contribution in [2.75, 3.05) is 7.11 Å². The van der Waals surface area contributed by atoms with Gasteiger partial charge in [-0.2, -0.15) is 18.3 Å². The van der Waals surface area contributed by atoms with Crippen LogP contribution in [0.25, 0.3) is 22.2 Å². The Morgan fingerprint density at radius 3 is 2.43 bits per heavy atom. The molecule has 2 N–H and O–H groups in total. The van der Waals surface area contributed by atoms with Crippen LogP contribution in [-0.4, -0.2) is 27.7 Å². The van der Waals surface area contributed by atoms with Crippen molar-refractivity contribution < 1.29 is 17.9 Å². The van der Waals surface area contributed by atoms with E-state index in [1.54, 1.807) is 19.4 Å². The second-order valence-electron chi connectivity index (χ2n) is 8.35. The maximum Gasteiger partial charge on any atom is 0.416 e. The first-order chi connectivity index (χ1) is 17.8. The molecule has 0 saturated carbocycles. The molecule has 0 radical (unpaired) electrons. The van der Waals surface area contributed by atoms with Crippen LogP contribution in [0.4, 0.5) is 18.9 Å². The number of hydrogen-bond donors (Lipinski definition) is 1. The fourth-order valence-corrected chi connectivity index (χ4v) is 3.99. The Balaban J connectivity index is 1.57. The van der Waals surface area contributed by atoms with Gasteiger partial charge >= 0.3 is 6.18 Å². The summed E-state index contributed by atoms with van der Waals surface area (Å²) < 4.78 is 46.4. The van der Waals surface area contributed by atoms with Gasteiger partial charge in [0.05, 0.1) is 36.6 Å². The lowest BCUT2D eigenvalue weighted by Gasteiger charge is -2.07. The maximum absolute atomic E-state index is 13.1. The number of alkyl halides is 3. The Morgan fingerprint density at radius 2 is 1.73 bits per heavy atom. The standard InChI is InChI=1S/C28H22F3N5O/c1-37-22-12-10-18(11-13-22)17-36-25-16-33-24(15-23(25)26(35-36)19-6-3-2-4-7-19)27(32)34-21-9-5-8-20(14-21)28(29,30)31/h2-16H,17H2,1H3,(H2,32,34). The first-order valence-corrected chi connectivity index (χ1v) is 11.4. The van der Waals surface area contributed by atoms with Crippen LogP contribution < -0.4 is 10.5 Å². The van der Waals surface area contributed by atoms with Crippen LogP contribution in [0.5, 0.6) is 5.75 Å². The SMILES string of the molecule is COc1ccc(Cn2nc(-c3ccccc3)c3cc(C(N)=Nc4cccc(C(F)(F)F)c4)ncc32)cc1. The minimum Gasteiger partial charge on any atom is -0.497 e. The van der Waals surface area contributed by atoms with E-state index >= 15 is 0 Å². The fraction of sp³-hybridized carbons (Fsp3) is 0.107. The molecular weight excluding hydrogens is 479 g/mol. The van der Waals surface area contributed by atoms with Gasteiger partial charge in [0.1, 0.15) is 23.0 Å². The van der Waals surface area contributed by atoms with Crippen molar-refractivity contribution in [3.05, 3.63) is 108 Å². The molecule has 9 heteroatoms. The molecule has 0 aliphatic heterocycles. The molecule has 0 unspecified atom stereocenters. The summed E-state index contributed by atoms with van der Waals surface area (Å²) in [7, 11) is 1.62. The summed E-state index contributed by atoms with van der Waals surface area (Å²) in [4.78, 5) is 8.65. The fourth-order valence-electron chi connectivity index (χ4n) is 3.99. The van der Waals surface area contributed by atoms with Gasteiger partial charge < -0.3 is 10.5 Å². The van der Waals surface area contributed by atoms with Gasteiger partial charge in [-0.1, -0.05) is 48.5 Å². The topological polar surface area (TPSA) is 78.3 Å². The van der Waals surface area contributed by atoms with E-state index in [1.807, 2.05) is 59.3 Å². The van der Waals surface area contributed by atoms with Crippen molar-refractivity contribution in [2.45, 2.75) is 12.7 Å². The lowest BCUT2D eigenvalue weighted by Crippen LogP contribution is -2.14. The summed E-state index contributed by atoms with van der Waals surface area (Å²) >= 11 is 0. The molecule has 3 aromatic carbocycles. The number of halogens is 3. The van der Waals surface area contributed by atoms with E-state index in [4.69, 9.17) is 15.6 Å². The van der Waals surface area contributed by atoms with E-state index in [0.717, 1.165) is 45.6 Å². The van der Waals surface area contributed by atoms with Crippen LogP contribution in [0.3, 0.4) is 0 Å². The average Bonchev–Trinajstić information content (AvgIpc) is 3.27. The van der Waals surface area contributed by atoms with E-state index in [0.29, 0.717) is 12.2 Å². The summed E-state index contributed by atoms with van der Waals surface area (Å²) in [6, 6.07) is 23.9. The lowest BCUT2D eigenvalue weighted by molar-refractivity contribution is -0.137. The second kappa shape index (κ2) is 9.77. The third-order valence-corrected chi connectivity index (χ3v) is 5.86. The van der Waals surface area contributed by atoms with Gasteiger partial charge in [-0.3, -0.25) is 9.67 Å². The van der Waals surface area contributed by atoms with Gasteiger partial charge in [-0.25, -0.2) is 4.99 Å². The van der Waals surface area contributed by atoms with Crippen molar-refractivity contribution in [3.63, 3.8) is 0 Å². The lowest BCUT2D eigenvalue weighted by atomic mass is 10.1. The highest BCUT2D eigenvalue weighted by atomic mass is 19.4. The maximum atomic E-state index is 13.1. The van der Waals surface area contributed by atoms with E-state index < -0.39 is 11.7 Å². The number of pyridine rings is 1. The monoisotopic (exact) mass is 501 g/mol. The van der Waals surface area contributed by atoms with E-state index in [1.165, 1.54) is 12.1 Å². The number of ether oxygens (including phenoxy) is 1. The first-order valence-electron chi connectivity index (χ1n) is 11.4. The third-order valence-electron chi connectivity index (χ3n) is 5.86. The quantitative estimate of drug-likeness (QED) is 0.222. The van der Waals surface area contributed by atoms with E-state index in [2.05, 4.69) is 9.98 Å². The summed E-state index contributed by atoms with van der Waals surface area (Å²) in [5, 5.41) is 5.66. The predicted octanol–water partition coefficient (Wildman–Crippen LogP) is 6.21. The zero-order chi connectivity index (χ0) is 26.0. The van der Waals surface area contributed by atoms with Crippen LogP contribution in [0, 0.1) is 0 Å². The Labute approximate surface area is 210 Å². The molecule has 0 atom stereocenters. The number of amidine groups is 1. The van der Waals surface area contributed by atoms with Gasteiger partial charge in [0.15, 0.2) is 0 Å². The van der Waals surface area contributed by atoms with Crippen molar-refractivity contribution in [1.29, 1.82) is 0 Å². The van der Waals surface area contributed by atoms with Gasteiger partial charge in [0, 0.05) is 10.9 Å². The number of benzene rings is 3. The Bertz CT molecular complexity index is 1580. The number of aliphatic imine (C=N–C) groups is 1. The first kappa shape index (κ1) is 24.1. The molecule has 186 valence electrons. The van der Waals surface area contributed by atoms with Crippen LogP contribution in [0.1, 0.15) is 16.8 Å². The predicted molar refractivity (Wildman–Crippen MR) is 137 cm³/mol. The van der Waals surface area contributed by atoms with Crippen molar-refractivity contribution in [3.8, 4) is 17.0 Å². The normalized spacial score (nSPS) is 12.2. The number of nitrogens with zero attached hydrogens (tertiary/aromatic N) is 4. The van der Waals surface area contributed by atoms with Crippen molar-refractivity contribution >= 4 is 22.4 Å². The zero-order valence-corrected chi connectivity index (χ0v) is 19.8. The van der Waals surface area contributed by atoms with E-state index in [-0.39, 0.29) is 11.5 Å². The molecule has 5 rings (SSSR count). The summed E-state index contributed by atoms with van der Waals surface area (Å²) in [6.07, 6.45) is -2.82. The average molecular weight is 502 g/mol. The molecule has 2 heterocycles. The van der Waals surface area contributed by atoms with Crippen LogP contribution in [-0.2, 0) is 12.7 Å². The number of nitrogens with two attached hydrogens (primary N) is 1. The molecule has 6 nitrogen and oxygen atoms in total. The molecule has 0 bridgehead atoms. The minimum absolute atomic E-state index is 0.00291. The highest BCUT2D eigenvalue weighted by Crippen LogP contribution is 2.32. The zero-order valence-electron chi connectivity index (χ0n) is 19.8. The van der Waals surface area contributed by atoms with Gasteiger partial charge in [0.2, 0.25) is 0 Å². The van der Waals surface area contributed by atoms with Crippen LogP contribution in [0.15, 0.2) is 96.1 Å². The van der Waals surface area contributed by atoms with Gasteiger partial charge in [-0.15, -0.1) is 0 Å². The molecule has 0 aliphatic carbocycles. The number of fused-ring (bicyclic) bond motifs is 1. The van der Waals surface area contributed by atoms with Gasteiger partial charge in [-0.05, 0) is 42.0 Å². The van der Waals surface area contributed by atoms with Crippen molar-refractivity contribution in [2.24, 2.45) is 10.7 Å². The Hall–Kier alpha value is -4.66. The molecule has 0 fully saturated rings. The molecule has 0 amide bonds. The Kier molecular flexibility index (Phi) is 6.35. The number of rotatable bonds is 6. The molecule has 37 heavy (non-hydrogen) atoms. The molecular formula is C28H22F3N5O. The largest absolute Gasteiger partial charge is 0.497 e. The number of aromatic nitrogens is 3. The van der Waals surface area contributed by atoms with Crippen molar-refractivity contribution in [1.82, 2.24) is 14.8 Å². The van der Waals surface area contributed by atoms with E-state index in [9.17, 15) is 13.2 Å². The third kappa shape index (κ3) is 5.16. The summed E-state index contributed by atoms with van der Waals surface area (Å²) in [5.74, 6) is 0.768. The number of hydrogen-bond acceptors (Lipinski definition) is 4. The second-order valence-corrected chi connectivity index (χ2v) is 8.35. The molecule has 5 aromatic rings. The smallest absolute Gasteiger partial charge is 0.416 e. The molecule has 0 aliphatic rings. The molecule has 2 aromatic heterocycles. The minimum atomic E-state index is -4.47. The van der Waals surface area contributed by atoms with Gasteiger partial charge in [0.25, 0.3) is 0 Å². The summed E-state index contributed by atoms with van der Waals surface area (Å²) in [5.41, 5.74) is 9.28. The van der Waals surface area contributed by atoms with Crippen LogP contribution in [0.2, 0.25) is 0 Å². The molecule has 0 spiro atoms.